The zero-order valence-corrected chi connectivity index (χ0v) is 22.1. The standard InChI is InChI=1S/C28H28Cl2N4O4/c29-23-17-20(27(36)37)18-24(30)26(23)32-28(38)34-15-13-33(14-16-34)22-11-9-21(10-12-22)31-25(35)8-4-7-19-5-2-1-3-6-19/h1-3,5-6,9-12,17-18H,4,7-8,13-16H2,(H,31,35)(H,32,38)(H,36,37). The Morgan fingerprint density at radius 3 is 2.08 bits per heavy atom. The molecule has 0 aliphatic carbocycles. The molecule has 8 nitrogen and oxygen atoms in total. The van der Waals surface area contributed by atoms with Crippen LogP contribution in [0.3, 0.4) is 0 Å². The summed E-state index contributed by atoms with van der Waals surface area (Å²) >= 11 is 12.3. The van der Waals surface area contributed by atoms with E-state index in [1.54, 1.807) is 4.90 Å². The molecule has 0 bridgehead atoms. The van der Waals surface area contributed by atoms with Crippen LogP contribution in [0.2, 0.25) is 10.0 Å². The fourth-order valence-electron chi connectivity index (χ4n) is 4.25. The monoisotopic (exact) mass is 554 g/mol. The number of carbonyl (C=O) groups excluding carboxylic acids is 2. The number of benzene rings is 3. The van der Waals surface area contributed by atoms with E-state index in [-0.39, 0.29) is 33.2 Å². The first-order valence-electron chi connectivity index (χ1n) is 12.3. The second-order valence-corrected chi connectivity index (χ2v) is 9.77. The summed E-state index contributed by atoms with van der Waals surface area (Å²) in [5, 5.41) is 14.9. The summed E-state index contributed by atoms with van der Waals surface area (Å²) in [5.41, 5.74) is 3.11. The van der Waals surface area contributed by atoms with E-state index in [0.717, 1.165) is 24.2 Å². The molecule has 3 N–H and O–H groups in total. The second-order valence-electron chi connectivity index (χ2n) is 8.96. The van der Waals surface area contributed by atoms with Gasteiger partial charge in [-0.2, -0.15) is 0 Å². The highest BCUT2D eigenvalue weighted by molar-refractivity contribution is 6.40. The average molecular weight is 555 g/mol. The fourth-order valence-corrected chi connectivity index (χ4v) is 4.83. The van der Waals surface area contributed by atoms with Crippen LogP contribution in [0.1, 0.15) is 28.8 Å². The normalized spacial score (nSPS) is 13.2. The molecule has 0 saturated carbocycles. The predicted octanol–water partition coefficient (Wildman–Crippen LogP) is 6.01. The van der Waals surface area contributed by atoms with Gasteiger partial charge in [0, 0.05) is 44.0 Å². The molecule has 3 amide bonds. The molecule has 0 radical (unpaired) electrons. The predicted molar refractivity (Wildman–Crippen MR) is 151 cm³/mol. The van der Waals surface area contributed by atoms with E-state index >= 15 is 0 Å². The first-order valence-corrected chi connectivity index (χ1v) is 13.0. The van der Waals surface area contributed by atoms with Gasteiger partial charge in [0.1, 0.15) is 0 Å². The maximum absolute atomic E-state index is 12.8. The lowest BCUT2D eigenvalue weighted by Crippen LogP contribution is -2.50. The lowest BCUT2D eigenvalue weighted by Gasteiger charge is -2.36. The smallest absolute Gasteiger partial charge is 0.335 e. The number of nitrogens with one attached hydrogen (secondary N) is 2. The Hall–Kier alpha value is -3.75. The van der Waals surface area contributed by atoms with Crippen molar-refractivity contribution in [2.75, 3.05) is 41.7 Å². The van der Waals surface area contributed by atoms with Crippen LogP contribution < -0.4 is 15.5 Å². The Balaban J connectivity index is 1.24. The summed E-state index contributed by atoms with van der Waals surface area (Å²) in [6, 6.07) is 19.9. The van der Waals surface area contributed by atoms with Crippen LogP contribution in [0.15, 0.2) is 66.7 Å². The molecule has 1 aliphatic rings. The van der Waals surface area contributed by atoms with Gasteiger partial charge in [-0.05, 0) is 54.8 Å². The van der Waals surface area contributed by atoms with Crippen LogP contribution in [0.25, 0.3) is 0 Å². The lowest BCUT2D eigenvalue weighted by atomic mass is 10.1. The summed E-state index contributed by atoms with van der Waals surface area (Å²) in [6.45, 7) is 2.21. The number of anilines is 3. The van der Waals surface area contributed by atoms with Crippen LogP contribution in [-0.2, 0) is 11.2 Å². The average Bonchev–Trinajstić information content (AvgIpc) is 2.91. The van der Waals surface area contributed by atoms with Crippen molar-refractivity contribution in [3.63, 3.8) is 0 Å². The number of aryl methyl sites for hydroxylation is 1. The van der Waals surface area contributed by atoms with Crippen molar-refractivity contribution >= 4 is 58.2 Å². The van der Waals surface area contributed by atoms with Crippen LogP contribution in [0.5, 0.6) is 0 Å². The van der Waals surface area contributed by atoms with Crippen molar-refractivity contribution in [2.24, 2.45) is 0 Å². The molecular weight excluding hydrogens is 527 g/mol. The zero-order valence-electron chi connectivity index (χ0n) is 20.6. The molecule has 4 rings (SSSR count). The van der Waals surface area contributed by atoms with E-state index in [1.807, 2.05) is 42.5 Å². The fraction of sp³-hybridized carbons (Fsp3) is 0.250. The maximum atomic E-state index is 12.8. The number of urea groups is 1. The summed E-state index contributed by atoms with van der Waals surface area (Å²) in [5.74, 6) is -1.16. The molecule has 3 aromatic carbocycles. The number of hydrogen-bond donors (Lipinski definition) is 3. The number of rotatable bonds is 8. The molecule has 1 fully saturated rings. The van der Waals surface area contributed by atoms with Crippen LogP contribution in [0.4, 0.5) is 21.9 Å². The van der Waals surface area contributed by atoms with Crippen LogP contribution >= 0.6 is 23.2 Å². The van der Waals surface area contributed by atoms with Crippen molar-refractivity contribution in [3.05, 3.63) is 87.9 Å². The molecule has 0 unspecified atom stereocenters. The van der Waals surface area contributed by atoms with Gasteiger partial charge in [0.15, 0.2) is 0 Å². The number of amides is 3. The van der Waals surface area contributed by atoms with Gasteiger partial charge in [0.05, 0.1) is 21.3 Å². The van der Waals surface area contributed by atoms with Gasteiger partial charge < -0.3 is 25.5 Å². The number of piperazine rings is 1. The Morgan fingerprint density at radius 2 is 1.47 bits per heavy atom. The van der Waals surface area contributed by atoms with Gasteiger partial charge >= 0.3 is 12.0 Å². The van der Waals surface area contributed by atoms with Gasteiger partial charge in [-0.25, -0.2) is 9.59 Å². The number of carboxylic acid groups (broad SMARTS) is 1. The highest BCUT2D eigenvalue weighted by atomic mass is 35.5. The third-order valence-electron chi connectivity index (χ3n) is 6.32. The number of halogens is 2. The Kier molecular flexibility index (Phi) is 9.10. The molecule has 3 aromatic rings. The highest BCUT2D eigenvalue weighted by Crippen LogP contribution is 2.32. The van der Waals surface area contributed by atoms with E-state index in [0.29, 0.717) is 32.6 Å². The third-order valence-corrected chi connectivity index (χ3v) is 6.91. The van der Waals surface area contributed by atoms with E-state index < -0.39 is 5.97 Å². The van der Waals surface area contributed by atoms with Crippen molar-refractivity contribution in [3.8, 4) is 0 Å². The summed E-state index contributed by atoms with van der Waals surface area (Å²) in [4.78, 5) is 40.0. The minimum Gasteiger partial charge on any atom is -0.478 e. The van der Waals surface area contributed by atoms with Crippen molar-refractivity contribution in [2.45, 2.75) is 19.3 Å². The number of carboxylic acids is 1. The highest BCUT2D eigenvalue weighted by Gasteiger charge is 2.23. The first kappa shape index (κ1) is 27.3. The molecule has 1 heterocycles. The van der Waals surface area contributed by atoms with Gasteiger partial charge in [0.2, 0.25) is 5.91 Å². The first-order chi connectivity index (χ1) is 18.3. The van der Waals surface area contributed by atoms with E-state index in [4.69, 9.17) is 28.3 Å². The van der Waals surface area contributed by atoms with E-state index in [2.05, 4.69) is 27.7 Å². The molecule has 0 atom stereocenters. The number of hydrogen-bond acceptors (Lipinski definition) is 4. The molecule has 198 valence electrons. The van der Waals surface area contributed by atoms with Gasteiger partial charge in [-0.1, -0.05) is 53.5 Å². The topological polar surface area (TPSA) is 102 Å². The second kappa shape index (κ2) is 12.7. The Bertz CT molecular complexity index is 1270. The quantitative estimate of drug-likeness (QED) is 0.316. The van der Waals surface area contributed by atoms with E-state index in [1.165, 1.54) is 17.7 Å². The molecule has 0 spiro atoms. The van der Waals surface area contributed by atoms with Gasteiger partial charge in [-0.15, -0.1) is 0 Å². The Labute approximate surface area is 231 Å². The zero-order chi connectivity index (χ0) is 27.1. The molecule has 10 heteroatoms. The molecule has 38 heavy (non-hydrogen) atoms. The largest absolute Gasteiger partial charge is 0.478 e. The SMILES string of the molecule is O=C(CCCc1ccccc1)Nc1ccc(N2CCN(C(=O)Nc3c(Cl)cc(C(=O)O)cc3Cl)CC2)cc1. The van der Waals surface area contributed by atoms with Gasteiger partial charge in [0.25, 0.3) is 0 Å². The molecule has 1 aliphatic heterocycles. The third kappa shape index (κ3) is 7.18. The summed E-state index contributed by atoms with van der Waals surface area (Å²) < 4.78 is 0. The van der Waals surface area contributed by atoms with Crippen molar-refractivity contribution in [1.82, 2.24) is 4.90 Å². The number of aromatic carboxylic acids is 1. The minimum atomic E-state index is -1.16. The van der Waals surface area contributed by atoms with Gasteiger partial charge in [-0.3, -0.25) is 4.79 Å². The molecule has 0 aromatic heterocycles. The maximum Gasteiger partial charge on any atom is 0.335 e. The number of carbonyl (C=O) groups is 3. The summed E-state index contributed by atoms with van der Waals surface area (Å²) in [6.07, 6.45) is 2.12. The van der Waals surface area contributed by atoms with Crippen molar-refractivity contribution in [1.29, 1.82) is 0 Å². The van der Waals surface area contributed by atoms with E-state index in [9.17, 15) is 14.4 Å². The van der Waals surface area contributed by atoms with Crippen molar-refractivity contribution < 1.29 is 19.5 Å². The lowest BCUT2D eigenvalue weighted by molar-refractivity contribution is -0.116. The number of nitrogens with zero attached hydrogens (tertiary/aromatic N) is 2. The molecular formula is C28H28Cl2N4O4. The van der Waals surface area contributed by atoms with Crippen LogP contribution in [0, 0.1) is 0 Å². The molecule has 1 saturated heterocycles. The minimum absolute atomic E-state index is 0.00823. The Morgan fingerprint density at radius 1 is 0.842 bits per heavy atom. The van der Waals surface area contributed by atoms with Crippen LogP contribution in [-0.4, -0.2) is 54.1 Å². The summed E-state index contributed by atoms with van der Waals surface area (Å²) in [7, 11) is 0.